The van der Waals surface area contributed by atoms with Crippen LogP contribution in [0.15, 0.2) is 29.2 Å². The summed E-state index contributed by atoms with van der Waals surface area (Å²) in [5.74, 6) is 0. The van der Waals surface area contributed by atoms with Gasteiger partial charge < -0.3 is 10.1 Å². The molecule has 0 unspecified atom stereocenters. The predicted molar refractivity (Wildman–Crippen MR) is 84.7 cm³/mol. The molecule has 1 fully saturated rings. The standard InChI is InChI=1S/C14H21N3O5S/c1-22-11-14(6-8-15-9-7-14)10-16-23(20,21)13-5-3-2-4-12(13)17(18)19/h2-5,15-16H,6-11H2,1H3. The Hall–Kier alpha value is -1.55. The molecule has 1 heterocycles. The molecule has 2 rings (SSSR count). The quantitative estimate of drug-likeness (QED) is 0.562. The Morgan fingerprint density at radius 3 is 2.61 bits per heavy atom. The highest BCUT2D eigenvalue weighted by Gasteiger charge is 2.34. The number of benzene rings is 1. The highest BCUT2D eigenvalue weighted by molar-refractivity contribution is 7.89. The summed E-state index contributed by atoms with van der Waals surface area (Å²) in [5, 5.41) is 14.3. The number of sulfonamides is 1. The molecule has 0 atom stereocenters. The molecule has 128 valence electrons. The van der Waals surface area contributed by atoms with E-state index in [4.69, 9.17) is 4.74 Å². The first-order valence-electron chi connectivity index (χ1n) is 7.33. The summed E-state index contributed by atoms with van der Waals surface area (Å²) < 4.78 is 32.7. The van der Waals surface area contributed by atoms with Crippen molar-refractivity contribution in [3.63, 3.8) is 0 Å². The highest BCUT2D eigenvalue weighted by atomic mass is 32.2. The van der Waals surface area contributed by atoms with Crippen LogP contribution in [-0.4, -0.2) is 46.7 Å². The molecule has 0 saturated carbocycles. The molecule has 0 bridgehead atoms. The molecule has 0 radical (unpaired) electrons. The molecule has 8 nitrogen and oxygen atoms in total. The monoisotopic (exact) mass is 343 g/mol. The van der Waals surface area contributed by atoms with Gasteiger partial charge in [0.2, 0.25) is 10.0 Å². The molecule has 1 saturated heterocycles. The van der Waals surface area contributed by atoms with E-state index in [1.807, 2.05) is 0 Å². The Morgan fingerprint density at radius 1 is 1.35 bits per heavy atom. The molecule has 0 aliphatic carbocycles. The lowest BCUT2D eigenvalue weighted by Crippen LogP contribution is -2.47. The molecule has 23 heavy (non-hydrogen) atoms. The van der Waals surface area contributed by atoms with Crippen LogP contribution < -0.4 is 10.0 Å². The minimum atomic E-state index is -3.96. The van der Waals surface area contributed by atoms with Crippen LogP contribution in [0.5, 0.6) is 0 Å². The number of piperidine rings is 1. The fraction of sp³-hybridized carbons (Fsp3) is 0.571. The average Bonchev–Trinajstić information content (AvgIpc) is 2.54. The third kappa shape index (κ3) is 4.25. The maximum atomic E-state index is 12.5. The fourth-order valence-corrected chi connectivity index (χ4v) is 4.12. The molecule has 2 N–H and O–H groups in total. The van der Waals surface area contributed by atoms with Crippen LogP contribution >= 0.6 is 0 Å². The van der Waals surface area contributed by atoms with Crippen LogP contribution in [0.1, 0.15) is 12.8 Å². The number of hydrogen-bond donors (Lipinski definition) is 2. The van der Waals surface area contributed by atoms with Gasteiger partial charge in [0.05, 0.1) is 11.5 Å². The Labute approximate surface area is 135 Å². The minimum absolute atomic E-state index is 0.191. The van der Waals surface area contributed by atoms with Gasteiger partial charge in [-0.25, -0.2) is 13.1 Å². The van der Waals surface area contributed by atoms with Gasteiger partial charge >= 0.3 is 0 Å². The van der Waals surface area contributed by atoms with Gasteiger partial charge in [0.25, 0.3) is 5.69 Å². The van der Waals surface area contributed by atoms with Crippen molar-refractivity contribution in [2.45, 2.75) is 17.7 Å². The van der Waals surface area contributed by atoms with Crippen LogP contribution in [0.4, 0.5) is 5.69 Å². The van der Waals surface area contributed by atoms with E-state index >= 15 is 0 Å². The van der Waals surface area contributed by atoms with Gasteiger partial charge in [-0.2, -0.15) is 0 Å². The number of nitrogens with one attached hydrogen (secondary N) is 2. The van der Waals surface area contributed by atoms with Crippen molar-refractivity contribution in [2.75, 3.05) is 33.4 Å². The zero-order valence-corrected chi connectivity index (χ0v) is 13.8. The number of para-hydroxylation sites is 1. The second kappa shape index (κ2) is 7.35. The van der Waals surface area contributed by atoms with E-state index in [-0.39, 0.29) is 16.9 Å². The van der Waals surface area contributed by atoms with Gasteiger partial charge in [-0.15, -0.1) is 0 Å². The normalized spacial score (nSPS) is 17.8. The van der Waals surface area contributed by atoms with Crippen LogP contribution in [-0.2, 0) is 14.8 Å². The number of nitro groups is 1. The SMILES string of the molecule is COCC1(CNS(=O)(=O)c2ccccc2[N+](=O)[O-])CCNCC1. The molecular weight excluding hydrogens is 322 g/mol. The summed E-state index contributed by atoms with van der Waals surface area (Å²) in [4.78, 5) is 10.0. The van der Waals surface area contributed by atoms with Crippen LogP contribution in [0.25, 0.3) is 0 Å². The van der Waals surface area contributed by atoms with Gasteiger partial charge in [-0.1, -0.05) is 12.1 Å². The lowest BCUT2D eigenvalue weighted by atomic mass is 9.80. The largest absolute Gasteiger partial charge is 0.384 e. The predicted octanol–water partition coefficient (Wildman–Crippen LogP) is 0.889. The lowest BCUT2D eigenvalue weighted by molar-refractivity contribution is -0.387. The van der Waals surface area contributed by atoms with Gasteiger partial charge in [-0.3, -0.25) is 10.1 Å². The van der Waals surface area contributed by atoms with E-state index in [1.165, 1.54) is 24.3 Å². The van der Waals surface area contributed by atoms with Crippen molar-refractivity contribution in [3.05, 3.63) is 34.4 Å². The van der Waals surface area contributed by atoms with E-state index in [9.17, 15) is 18.5 Å². The molecule has 1 aliphatic rings. The minimum Gasteiger partial charge on any atom is -0.384 e. The second-order valence-electron chi connectivity index (χ2n) is 5.73. The molecule has 1 aliphatic heterocycles. The molecule has 0 aromatic heterocycles. The molecular formula is C14H21N3O5S. The number of hydrogen-bond acceptors (Lipinski definition) is 6. The third-order valence-electron chi connectivity index (χ3n) is 4.10. The van der Waals surface area contributed by atoms with E-state index in [0.717, 1.165) is 25.9 Å². The van der Waals surface area contributed by atoms with Crippen molar-refractivity contribution >= 4 is 15.7 Å². The number of nitrogens with zero attached hydrogens (tertiary/aromatic N) is 1. The average molecular weight is 343 g/mol. The van der Waals surface area contributed by atoms with Crippen LogP contribution in [0, 0.1) is 15.5 Å². The van der Waals surface area contributed by atoms with E-state index in [2.05, 4.69) is 10.0 Å². The number of nitro benzene ring substituents is 1. The van der Waals surface area contributed by atoms with Crippen molar-refractivity contribution in [1.29, 1.82) is 0 Å². The zero-order valence-electron chi connectivity index (χ0n) is 12.9. The second-order valence-corrected chi connectivity index (χ2v) is 7.47. The summed E-state index contributed by atoms with van der Waals surface area (Å²) >= 11 is 0. The van der Waals surface area contributed by atoms with Gasteiger partial charge in [0.1, 0.15) is 0 Å². The van der Waals surface area contributed by atoms with Gasteiger partial charge in [0, 0.05) is 25.1 Å². The Kier molecular flexibility index (Phi) is 5.69. The first kappa shape index (κ1) is 17.8. The van der Waals surface area contributed by atoms with E-state index in [1.54, 1.807) is 7.11 Å². The fourth-order valence-electron chi connectivity index (χ4n) is 2.80. The van der Waals surface area contributed by atoms with Crippen LogP contribution in [0.3, 0.4) is 0 Å². The smallest absolute Gasteiger partial charge is 0.289 e. The number of ether oxygens (including phenoxy) is 1. The zero-order chi connectivity index (χ0) is 16.9. The maximum absolute atomic E-state index is 12.5. The molecule has 9 heteroatoms. The summed E-state index contributed by atoms with van der Waals surface area (Å²) in [7, 11) is -2.38. The van der Waals surface area contributed by atoms with Crippen molar-refractivity contribution < 1.29 is 18.1 Å². The van der Waals surface area contributed by atoms with Gasteiger partial charge in [-0.05, 0) is 32.0 Å². The summed E-state index contributed by atoms with van der Waals surface area (Å²) in [5.41, 5.74) is -0.720. The number of methoxy groups -OCH3 is 1. The summed E-state index contributed by atoms with van der Waals surface area (Å²) in [6.45, 7) is 2.21. The molecule has 1 aromatic carbocycles. The topological polar surface area (TPSA) is 111 Å². The lowest BCUT2D eigenvalue weighted by Gasteiger charge is -2.37. The first-order valence-corrected chi connectivity index (χ1v) is 8.81. The number of rotatable bonds is 7. The van der Waals surface area contributed by atoms with Gasteiger partial charge in [0.15, 0.2) is 4.90 Å². The Bertz CT molecular complexity index is 651. The third-order valence-corrected chi connectivity index (χ3v) is 5.55. The van der Waals surface area contributed by atoms with Crippen molar-refractivity contribution in [1.82, 2.24) is 10.0 Å². The Morgan fingerprint density at radius 2 is 2.00 bits per heavy atom. The van der Waals surface area contributed by atoms with Crippen molar-refractivity contribution in [3.8, 4) is 0 Å². The van der Waals surface area contributed by atoms with E-state index < -0.39 is 20.6 Å². The van der Waals surface area contributed by atoms with Crippen LogP contribution in [0.2, 0.25) is 0 Å². The first-order chi connectivity index (χ1) is 10.9. The summed E-state index contributed by atoms with van der Waals surface area (Å²) in [6, 6.07) is 5.34. The molecule has 0 spiro atoms. The highest BCUT2D eigenvalue weighted by Crippen LogP contribution is 2.30. The molecule has 0 amide bonds. The summed E-state index contributed by atoms with van der Waals surface area (Å²) in [6.07, 6.45) is 1.56. The maximum Gasteiger partial charge on any atom is 0.289 e. The van der Waals surface area contributed by atoms with E-state index in [0.29, 0.717) is 6.61 Å². The Balaban J connectivity index is 2.19. The van der Waals surface area contributed by atoms with Crippen molar-refractivity contribution in [2.24, 2.45) is 5.41 Å². The molecule has 1 aromatic rings.